The summed E-state index contributed by atoms with van der Waals surface area (Å²) in [6.45, 7) is 1.90. The highest BCUT2D eigenvalue weighted by Crippen LogP contribution is 2.24. The van der Waals surface area contributed by atoms with Gasteiger partial charge >= 0.3 is 0 Å². The quantitative estimate of drug-likeness (QED) is 0.908. The lowest BCUT2D eigenvalue weighted by Gasteiger charge is -2.08. The number of benzene rings is 1. The van der Waals surface area contributed by atoms with Crippen molar-refractivity contribution in [2.45, 2.75) is 13.3 Å². The summed E-state index contributed by atoms with van der Waals surface area (Å²) in [4.78, 5) is 8.42. The first kappa shape index (κ1) is 12.4. The second-order valence-electron chi connectivity index (χ2n) is 3.76. The lowest BCUT2D eigenvalue weighted by molar-refractivity contribution is 0.511. The average Bonchev–Trinajstić information content (AvgIpc) is 2.41. The van der Waals surface area contributed by atoms with Crippen LogP contribution in [0.15, 0.2) is 24.3 Å². The molecule has 1 N–H and O–H groups in total. The molecule has 0 saturated heterocycles. The molecule has 0 aliphatic rings. The van der Waals surface area contributed by atoms with Gasteiger partial charge in [0.2, 0.25) is 0 Å². The molecule has 0 fully saturated rings. The zero-order chi connectivity index (χ0) is 13.1. The molecular weight excluding hydrogens is 236 g/mol. The van der Waals surface area contributed by atoms with E-state index in [4.69, 9.17) is 0 Å². The van der Waals surface area contributed by atoms with Gasteiger partial charge < -0.3 is 5.32 Å². The van der Waals surface area contributed by atoms with Gasteiger partial charge in [0.1, 0.15) is 11.6 Å². The Morgan fingerprint density at radius 2 is 2.00 bits per heavy atom. The fourth-order valence-electron chi connectivity index (χ4n) is 1.62. The number of aryl methyl sites for hydroxylation is 1. The number of hydrogen-bond acceptors (Lipinski definition) is 3. The maximum absolute atomic E-state index is 13.7. The Labute approximate surface area is 104 Å². The summed E-state index contributed by atoms with van der Waals surface area (Å²) in [5.74, 6) is -0.600. The molecule has 0 aliphatic carbocycles. The minimum atomic E-state index is -0.889. The molecule has 18 heavy (non-hydrogen) atoms. The monoisotopic (exact) mass is 249 g/mol. The lowest BCUT2D eigenvalue weighted by atomic mass is 10.1. The van der Waals surface area contributed by atoms with Crippen LogP contribution in [-0.4, -0.2) is 17.0 Å². The van der Waals surface area contributed by atoms with Crippen LogP contribution in [0.1, 0.15) is 12.7 Å². The Hall–Kier alpha value is -2.04. The van der Waals surface area contributed by atoms with Gasteiger partial charge in [-0.2, -0.15) is 0 Å². The van der Waals surface area contributed by atoms with E-state index in [0.29, 0.717) is 23.8 Å². The van der Waals surface area contributed by atoms with Gasteiger partial charge in [0.05, 0.1) is 5.69 Å². The lowest BCUT2D eigenvalue weighted by Crippen LogP contribution is -2.02. The average molecular weight is 249 g/mol. The van der Waals surface area contributed by atoms with Crippen molar-refractivity contribution in [1.82, 2.24) is 9.97 Å². The van der Waals surface area contributed by atoms with E-state index in [1.54, 1.807) is 13.1 Å². The number of halogens is 2. The van der Waals surface area contributed by atoms with E-state index in [-0.39, 0.29) is 5.56 Å². The third-order valence-electron chi connectivity index (χ3n) is 2.57. The Balaban J connectivity index is 2.59. The smallest absolute Gasteiger partial charge is 0.168 e. The molecule has 94 valence electrons. The van der Waals surface area contributed by atoms with Gasteiger partial charge in [0.25, 0.3) is 0 Å². The summed E-state index contributed by atoms with van der Waals surface area (Å²) in [6, 6.07) is 5.64. The molecule has 3 nitrogen and oxygen atoms in total. The summed E-state index contributed by atoms with van der Waals surface area (Å²) < 4.78 is 26.9. The predicted octanol–water partition coefficient (Wildman–Crippen LogP) is 3.03. The summed E-state index contributed by atoms with van der Waals surface area (Å²) in [7, 11) is 1.72. The molecule has 0 amide bonds. The molecule has 1 aromatic carbocycles. The molecule has 0 bridgehead atoms. The molecule has 2 aromatic rings. The van der Waals surface area contributed by atoms with Crippen LogP contribution < -0.4 is 5.32 Å². The van der Waals surface area contributed by atoms with Crippen molar-refractivity contribution in [2.75, 3.05) is 12.4 Å². The van der Waals surface area contributed by atoms with E-state index < -0.39 is 11.6 Å². The highest BCUT2D eigenvalue weighted by atomic mass is 19.2. The molecule has 2 rings (SSSR count). The molecule has 0 radical (unpaired) electrons. The standard InChI is InChI=1S/C13H13F2N3/c1-3-11-17-10(7-12(16-2)18-11)8-5-4-6-9(14)13(8)15/h4-7H,3H2,1-2H3,(H,16,17,18). The molecular formula is C13H13F2N3. The zero-order valence-corrected chi connectivity index (χ0v) is 10.2. The fourth-order valence-corrected chi connectivity index (χ4v) is 1.62. The van der Waals surface area contributed by atoms with Crippen molar-refractivity contribution in [2.24, 2.45) is 0 Å². The number of nitrogens with zero attached hydrogens (tertiary/aromatic N) is 2. The Bertz CT molecular complexity index is 548. The van der Waals surface area contributed by atoms with Crippen molar-refractivity contribution in [3.8, 4) is 11.3 Å². The molecule has 0 saturated carbocycles. The van der Waals surface area contributed by atoms with Crippen LogP contribution in [0.5, 0.6) is 0 Å². The van der Waals surface area contributed by atoms with E-state index in [9.17, 15) is 8.78 Å². The van der Waals surface area contributed by atoms with E-state index in [0.717, 1.165) is 6.07 Å². The van der Waals surface area contributed by atoms with Gasteiger partial charge in [-0.1, -0.05) is 13.0 Å². The van der Waals surface area contributed by atoms with Gasteiger partial charge in [-0.15, -0.1) is 0 Å². The van der Waals surface area contributed by atoms with E-state index in [1.807, 2.05) is 6.92 Å². The van der Waals surface area contributed by atoms with Crippen LogP contribution >= 0.6 is 0 Å². The summed E-state index contributed by atoms with van der Waals surface area (Å²) in [6.07, 6.45) is 0.624. The van der Waals surface area contributed by atoms with Crippen LogP contribution in [0, 0.1) is 11.6 Å². The Morgan fingerprint density at radius 1 is 1.22 bits per heavy atom. The third kappa shape index (κ3) is 2.30. The molecule has 1 aromatic heterocycles. The molecule has 1 heterocycles. The van der Waals surface area contributed by atoms with Crippen molar-refractivity contribution in [1.29, 1.82) is 0 Å². The van der Waals surface area contributed by atoms with Gasteiger partial charge in [-0.3, -0.25) is 0 Å². The second kappa shape index (κ2) is 5.08. The number of nitrogens with one attached hydrogen (secondary N) is 1. The number of aromatic nitrogens is 2. The molecule has 0 spiro atoms. The van der Waals surface area contributed by atoms with Crippen LogP contribution in [0.25, 0.3) is 11.3 Å². The van der Waals surface area contributed by atoms with Gasteiger partial charge in [0.15, 0.2) is 11.6 Å². The largest absolute Gasteiger partial charge is 0.373 e. The van der Waals surface area contributed by atoms with Gasteiger partial charge in [-0.25, -0.2) is 18.7 Å². The fraction of sp³-hybridized carbons (Fsp3) is 0.231. The molecule has 0 atom stereocenters. The normalized spacial score (nSPS) is 10.4. The zero-order valence-electron chi connectivity index (χ0n) is 10.2. The maximum Gasteiger partial charge on any atom is 0.168 e. The first-order valence-corrected chi connectivity index (χ1v) is 5.65. The van der Waals surface area contributed by atoms with Crippen molar-refractivity contribution >= 4 is 5.82 Å². The van der Waals surface area contributed by atoms with Crippen molar-refractivity contribution < 1.29 is 8.78 Å². The number of hydrogen-bond donors (Lipinski definition) is 1. The number of anilines is 1. The minimum Gasteiger partial charge on any atom is -0.373 e. The summed E-state index contributed by atoms with van der Waals surface area (Å²) >= 11 is 0. The van der Waals surface area contributed by atoms with Crippen LogP contribution in [0.3, 0.4) is 0 Å². The van der Waals surface area contributed by atoms with Gasteiger partial charge in [-0.05, 0) is 12.1 Å². The summed E-state index contributed by atoms with van der Waals surface area (Å²) in [5, 5.41) is 2.88. The van der Waals surface area contributed by atoms with E-state index in [1.165, 1.54) is 12.1 Å². The van der Waals surface area contributed by atoms with Crippen LogP contribution in [0.2, 0.25) is 0 Å². The first-order chi connectivity index (χ1) is 8.65. The highest BCUT2D eigenvalue weighted by Gasteiger charge is 2.12. The Kier molecular flexibility index (Phi) is 3.50. The van der Waals surface area contributed by atoms with Crippen molar-refractivity contribution in [3.05, 3.63) is 41.7 Å². The first-order valence-electron chi connectivity index (χ1n) is 5.65. The highest BCUT2D eigenvalue weighted by molar-refractivity contribution is 5.63. The van der Waals surface area contributed by atoms with E-state index >= 15 is 0 Å². The third-order valence-corrected chi connectivity index (χ3v) is 2.57. The summed E-state index contributed by atoms with van der Waals surface area (Å²) in [5.41, 5.74) is 0.520. The van der Waals surface area contributed by atoms with E-state index in [2.05, 4.69) is 15.3 Å². The second-order valence-corrected chi connectivity index (χ2v) is 3.76. The van der Waals surface area contributed by atoms with Gasteiger partial charge in [0, 0.05) is 25.1 Å². The van der Waals surface area contributed by atoms with Crippen LogP contribution in [0.4, 0.5) is 14.6 Å². The topological polar surface area (TPSA) is 37.8 Å². The molecule has 5 heteroatoms. The SMILES string of the molecule is CCc1nc(NC)cc(-c2cccc(F)c2F)n1. The molecule has 0 unspecified atom stereocenters. The van der Waals surface area contributed by atoms with Crippen LogP contribution in [-0.2, 0) is 6.42 Å². The predicted molar refractivity (Wildman–Crippen MR) is 66.3 cm³/mol. The molecule has 0 aliphatic heterocycles. The Morgan fingerprint density at radius 3 is 2.67 bits per heavy atom. The van der Waals surface area contributed by atoms with Crippen molar-refractivity contribution in [3.63, 3.8) is 0 Å². The maximum atomic E-state index is 13.7. The number of rotatable bonds is 3. The minimum absolute atomic E-state index is 0.142.